The second kappa shape index (κ2) is 4.63. The molecule has 0 fully saturated rings. The van der Waals surface area contributed by atoms with E-state index in [0.717, 1.165) is 15.9 Å². The largest absolute Gasteiger partial charge is 0.394 e. The van der Waals surface area contributed by atoms with Gasteiger partial charge in [0.15, 0.2) is 0 Å². The van der Waals surface area contributed by atoms with Gasteiger partial charge in [0.2, 0.25) is 0 Å². The molecule has 4 nitrogen and oxygen atoms in total. The molecule has 0 amide bonds. The van der Waals surface area contributed by atoms with Crippen molar-refractivity contribution in [2.24, 2.45) is 0 Å². The fraction of sp³-hybridized carbons (Fsp3) is 0.700. The predicted octanol–water partition coefficient (Wildman–Crippen LogP) is 1.23. The highest BCUT2D eigenvalue weighted by Crippen LogP contribution is 2.21. The van der Waals surface area contributed by atoms with Crippen LogP contribution in [0.15, 0.2) is 4.47 Å². The van der Waals surface area contributed by atoms with E-state index in [2.05, 4.69) is 26.3 Å². The Morgan fingerprint density at radius 3 is 2.47 bits per heavy atom. The molecule has 0 aliphatic rings. The first-order valence-corrected chi connectivity index (χ1v) is 5.72. The van der Waals surface area contributed by atoms with E-state index in [1.54, 1.807) is 0 Å². The maximum Gasteiger partial charge on any atom is 0.0738 e. The second-order valence-electron chi connectivity index (χ2n) is 4.11. The molecule has 0 aromatic carbocycles. The van der Waals surface area contributed by atoms with E-state index in [9.17, 15) is 5.11 Å². The quantitative estimate of drug-likeness (QED) is 0.869. The Kier molecular flexibility index (Phi) is 3.92. The summed E-state index contributed by atoms with van der Waals surface area (Å²) in [6.45, 7) is 6.68. The fourth-order valence-corrected chi connectivity index (χ4v) is 1.65. The molecule has 1 aromatic heterocycles. The first-order chi connectivity index (χ1) is 6.93. The van der Waals surface area contributed by atoms with Crippen LogP contribution in [-0.2, 0) is 6.54 Å². The molecule has 1 heterocycles. The maximum atomic E-state index is 9.30. The smallest absolute Gasteiger partial charge is 0.0738 e. The van der Waals surface area contributed by atoms with Crippen LogP contribution >= 0.6 is 15.9 Å². The number of aliphatic hydroxyl groups excluding tert-OH is 1. The molecule has 0 aliphatic carbocycles. The standard InChI is InChI=1S/C10H18BrN3O/c1-7-9(11)8(2)14(13-7)5-10(3,6-15)12-4/h12,15H,5-6H2,1-4H3. The van der Waals surface area contributed by atoms with Crippen LogP contribution in [-0.4, -0.2) is 34.1 Å². The molecule has 5 heteroatoms. The van der Waals surface area contributed by atoms with E-state index in [0.29, 0.717) is 6.54 Å². The first-order valence-electron chi connectivity index (χ1n) is 4.93. The summed E-state index contributed by atoms with van der Waals surface area (Å²) in [6, 6.07) is 0. The van der Waals surface area contributed by atoms with Gasteiger partial charge in [0, 0.05) is 5.69 Å². The normalized spacial score (nSPS) is 15.3. The predicted molar refractivity (Wildman–Crippen MR) is 64.0 cm³/mol. The SMILES string of the molecule is CNC(C)(CO)Cn1nc(C)c(Br)c1C. The van der Waals surface area contributed by atoms with Gasteiger partial charge in [-0.1, -0.05) is 0 Å². The number of aryl methyl sites for hydroxylation is 1. The lowest BCUT2D eigenvalue weighted by Crippen LogP contribution is -2.47. The topological polar surface area (TPSA) is 50.1 Å². The zero-order valence-electron chi connectivity index (χ0n) is 9.63. The van der Waals surface area contributed by atoms with Gasteiger partial charge in [-0.3, -0.25) is 4.68 Å². The number of halogens is 1. The molecular weight excluding hydrogens is 258 g/mol. The van der Waals surface area contributed by atoms with Crippen molar-refractivity contribution < 1.29 is 5.11 Å². The van der Waals surface area contributed by atoms with Crippen LogP contribution in [0.3, 0.4) is 0 Å². The van der Waals surface area contributed by atoms with Gasteiger partial charge in [-0.15, -0.1) is 0 Å². The summed E-state index contributed by atoms with van der Waals surface area (Å²) in [6.07, 6.45) is 0. The highest BCUT2D eigenvalue weighted by Gasteiger charge is 2.23. The Hall–Kier alpha value is -0.390. The molecule has 1 rings (SSSR count). The summed E-state index contributed by atoms with van der Waals surface area (Å²) in [4.78, 5) is 0. The molecule has 0 radical (unpaired) electrons. The molecule has 1 aromatic rings. The lowest BCUT2D eigenvalue weighted by molar-refractivity contribution is 0.160. The van der Waals surface area contributed by atoms with Crippen LogP contribution in [0, 0.1) is 13.8 Å². The summed E-state index contributed by atoms with van der Waals surface area (Å²) in [5.41, 5.74) is 1.73. The van der Waals surface area contributed by atoms with E-state index >= 15 is 0 Å². The van der Waals surface area contributed by atoms with Gasteiger partial charge in [-0.2, -0.15) is 5.10 Å². The van der Waals surface area contributed by atoms with Gasteiger partial charge in [-0.05, 0) is 43.7 Å². The number of likely N-dealkylation sites (N-methyl/N-ethyl adjacent to an activating group) is 1. The average Bonchev–Trinajstić information content (AvgIpc) is 2.46. The fourth-order valence-electron chi connectivity index (χ4n) is 1.37. The molecule has 0 saturated carbocycles. The Morgan fingerprint density at radius 1 is 1.53 bits per heavy atom. The highest BCUT2D eigenvalue weighted by atomic mass is 79.9. The van der Waals surface area contributed by atoms with E-state index in [1.807, 2.05) is 32.5 Å². The molecule has 0 saturated heterocycles. The lowest BCUT2D eigenvalue weighted by atomic mass is 10.0. The third-order valence-corrected chi connectivity index (χ3v) is 3.89. The minimum absolute atomic E-state index is 0.0828. The molecule has 2 N–H and O–H groups in total. The van der Waals surface area contributed by atoms with Crippen LogP contribution in [0.4, 0.5) is 0 Å². The van der Waals surface area contributed by atoms with E-state index in [4.69, 9.17) is 0 Å². The van der Waals surface area contributed by atoms with Gasteiger partial charge in [-0.25, -0.2) is 0 Å². The Bertz CT molecular complexity index is 345. The number of aromatic nitrogens is 2. The zero-order valence-corrected chi connectivity index (χ0v) is 11.2. The van der Waals surface area contributed by atoms with Crippen molar-refractivity contribution in [3.63, 3.8) is 0 Å². The molecule has 0 bridgehead atoms. The molecule has 1 atom stereocenters. The Morgan fingerprint density at radius 2 is 2.13 bits per heavy atom. The minimum Gasteiger partial charge on any atom is -0.394 e. The van der Waals surface area contributed by atoms with Crippen LogP contribution in [0.5, 0.6) is 0 Å². The average molecular weight is 276 g/mol. The minimum atomic E-state index is -0.331. The van der Waals surface area contributed by atoms with Crippen LogP contribution < -0.4 is 5.32 Å². The Balaban J connectivity index is 2.94. The molecular formula is C10H18BrN3O. The van der Waals surface area contributed by atoms with Crippen molar-refractivity contribution >= 4 is 15.9 Å². The van der Waals surface area contributed by atoms with E-state index in [1.165, 1.54) is 0 Å². The number of hydrogen-bond donors (Lipinski definition) is 2. The number of aliphatic hydroxyl groups is 1. The van der Waals surface area contributed by atoms with E-state index < -0.39 is 0 Å². The van der Waals surface area contributed by atoms with Crippen molar-refractivity contribution in [1.82, 2.24) is 15.1 Å². The summed E-state index contributed by atoms with van der Waals surface area (Å²) in [5, 5.41) is 16.8. The van der Waals surface area contributed by atoms with Crippen LogP contribution in [0.25, 0.3) is 0 Å². The molecule has 1 unspecified atom stereocenters. The van der Waals surface area contributed by atoms with Crippen molar-refractivity contribution in [2.45, 2.75) is 32.9 Å². The lowest BCUT2D eigenvalue weighted by Gasteiger charge is -2.27. The van der Waals surface area contributed by atoms with E-state index in [-0.39, 0.29) is 12.1 Å². The third kappa shape index (κ3) is 2.59. The van der Waals surface area contributed by atoms with Crippen molar-refractivity contribution in [3.8, 4) is 0 Å². The van der Waals surface area contributed by atoms with Crippen molar-refractivity contribution in [2.75, 3.05) is 13.7 Å². The Labute approximate surface area is 98.8 Å². The van der Waals surface area contributed by atoms with Gasteiger partial charge >= 0.3 is 0 Å². The first kappa shape index (κ1) is 12.7. The van der Waals surface area contributed by atoms with Crippen molar-refractivity contribution in [3.05, 3.63) is 15.9 Å². The summed E-state index contributed by atoms with van der Waals surface area (Å²) in [5.74, 6) is 0. The molecule has 0 aliphatic heterocycles. The molecule has 86 valence electrons. The maximum absolute atomic E-state index is 9.30. The third-order valence-electron chi connectivity index (χ3n) is 2.74. The molecule has 0 spiro atoms. The molecule has 15 heavy (non-hydrogen) atoms. The summed E-state index contributed by atoms with van der Waals surface area (Å²) >= 11 is 3.49. The van der Waals surface area contributed by atoms with Gasteiger partial charge < -0.3 is 10.4 Å². The van der Waals surface area contributed by atoms with Crippen LogP contribution in [0.1, 0.15) is 18.3 Å². The van der Waals surface area contributed by atoms with Gasteiger partial charge in [0.05, 0.1) is 28.9 Å². The number of nitrogens with one attached hydrogen (secondary N) is 1. The summed E-state index contributed by atoms with van der Waals surface area (Å²) in [7, 11) is 1.84. The van der Waals surface area contributed by atoms with Gasteiger partial charge in [0.1, 0.15) is 0 Å². The van der Waals surface area contributed by atoms with Crippen molar-refractivity contribution in [1.29, 1.82) is 0 Å². The van der Waals surface area contributed by atoms with Crippen LogP contribution in [0.2, 0.25) is 0 Å². The number of hydrogen-bond acceptors (Lipinski definition) is 3. The zero-order chi connectivity index (χ0) is 11.6. The number of nitrogens with zero attached hydrogens (tertiary/aromatic N) is 2. The monoisotopic (exact) mass is 275 g/mol. The van der Waals surface area contributed by atoms with Gasteiger partial charge in [0.25, 0.3) is 0 Å². The highest BCUT2D eigenvalue weighted by molar-refractivity contribution is 9.10. The number of rotatable bonds is 4. The second-order valence-corrected chi connectivity index (χ2v) is 4.90. The summed E-state index contributed by atoms with van der Waals surface area (Å²) < 4.78 is 2.95.